The van der Waals surface area contributed by atoms with E-state index in [4.69, 9.17) is 21.0 Å². The van der Waals surface area contributed by atoms with Crippen LogP contribution in [0.25, 0.3) is 15.7 Å². The van der Waals surface area contributed by atoms with Gasteiger partial charge in [-0.25, -0.2) is 9.83 Å². The maximum atomic E-state index is 13.7. The van der Waals surface area contributed by atoms with Crippen LogP contribution in [-0.4, -0.2) is 99.4 Å². The summed E-state index contributed by atoms with van der Waals surface area (Å²) in [6.07, 6.45) is 7.89. The third kappa shape index (κ3) is 7.98. The van der Waals surface area contributed by atoms with Crippen LogP contribution in [0.2, 0.25) is 0 Å². The van der Waals surface area contributed by atoms with E-state index in [2.05, 4.69) is 78.4 Å². The van der Waals surface area contributed by atoms with Crippen molar-refractivity contribution in [1.29, 1.82) is 0 Å². The molecule has 2 N–H and O–H groups in total. The number of piperidine rings is 2. The first-order valence-corrected chi connectivity index (χ1v) is 22.9. The number of benzene rings is 2. The number of allylic oxidation sites excluding steroid dienone is 1. The quantitative estimate of drug-likeness (QED) is 0.107. The van der Waals surface area contributed by atoms with Crippen molar-refractivity contribution in [1.82, 2.24) is 30.4 Å². The number of amides is 4. The molecule has 4 amide bonds. The summed E-state index contributed by atoms with van der Waals surface area (Å²) in [6, 6.07) is 16.0. The van der Waals surface area contributed by atoms with Crippen LogP contribution >= 0.6 is 0 Å². The van der Waals surface area contributed by atoms with Gasteiger partial charge in [-0.2, -0.15) is 0 Å². The van der Waals surface area contributed by atoms with Crippen molar-refractivity contribution in [3.05, 3.63) is 107 Å². The fourth-order valence-electron chi connectivity index (χ4n) is 11.3. The average Bonchev–Trinajstić information content (AvgIpc) is 3.52. The lowest BCUT2D eigenvalue weighted by Crippen LogP contribution is -2.74. The zero-order valence-corrected chi connectivity index (χ0v) is 38.1. The Morgan fingerprint density at radius 3 is 2.38 bits per heavy atom. The number of hydrogen-bond donors (Lipinski definition) is 2. The Bertz CT molecular complexity index is 2590. The van der Waals surface area contributed by atoms with Gasteiger partial charge in [-0.1, -0.05) is 40.3 Å². The molecule has 65 heavy (non-hydrogen) atoms. The van der Waals surface area contributed by atoms with Gasteiger partial charge in [0.1, 0.15) is 35.6 Å². The molecular weight excluding hydrogens is 821 g/mol. The van der Waals surface area contributed by atoms with Gasteiger partial charge in [0.15, 0.2) is 0 Å². The van der Waals surface area contributed by atoms with Crippen molar-refractivity contribution in [3.63, 3.8) is 0 Å². The molecule has 9 rings (SSSR count). The molecule has 4 aromatic rings. The van der Waals surface area contributed by atoms with Crippen molar-refractivity contribution in [2.45, 2.75) is 116 Å². The topological polar surface area (TPSA) is 151 Å². The van der Waals surface area contributed by atoms with E-state index in [1.807, 2.05) is 30.3 Å². The normalized spacial score (nSPS) is 24.9. The average molecular weight is 879 g/mol. The zero-order valence-electron chi connectivity index (χ0n) is 38.1. The SMILES string of the molecule is [C-]#[N+]c1ccc(OC2C(C)(C)C(NC(=O)c3ccc(N4CCC(CN(C(C)C)C5CC(Oc6ccc7c(c6)C(=O)N(C6CCC(=C)NC6=O)C7=O)C5)CC4)nc3)C2(C)C)c2cccnc12. The number of imide groups is 1. The number of nitrogens with one attached hydrogen (secondary N) is 2. The lowest BCUT2D eigenvalue weighted by Gasteiger charge is -2.63. The van der Waals surface area contributed by atoms with E-state index in [0.29, 0.717) is 70.4 Å². The Morgan fingerprint density at radius 2 is 1.71 bits per heavy atom. The molecule has 14 nitrogen and oxygen atoms in total. The van der Waals surface area contributed by atoms with Crippen molar-refractivity contribution in [2.24, 2.45) is 16.7 Å². The first-order chi connectivity index (χ1) is 31.0. The maximum absolute atomic E-state index is 13.7. The molecule has 338 valence electrons. The molecular formula is C51H58N8O6. The van der Waals surface area contributed by atoms with Crippen molar-refractivity contribution < 1.29 is 28.7 Å². The van der Waals surface area contributed by atoms with Crippen LogP contribution in [0, 0.1) is 23.3 Å². The second kappa shape index (κ2) is 16.9. The van der Waals surface area contributed by atoms with E-state index in [0.717, 1.165) is 61.4 Å². The van der Waals surface area contributed by atoms with Gasteiger partial charge < -0.3 is 25.0 Å². The van der Waals surface area contributed by atoms with E-state index in [1.54, 1.807) is 36.7 Å². The summed E-state index contributed by atoms with van der Waals surface area (Å²) in [5.41, 5.74) is 2.04. The zero-order chi connectivity index (χ0) is 45.9. The molecule has 5 aliphatic rings. The smallest absolute Gasteiger partial charge is 0.262 e. The predicted octanol–water partition coefficient (Wildman–Crippen LogP) is 7.72. The molecule has 2 aromatic carbocycles. The van der Waals surface area contributed by atoms with Crippen LogP contribution in [0.15, 0.2) is 79.3 Å². The van der Waals surface area contributed by atoms with E-state index < -0.39 is 17.9 Å². The Hall–Kier alpha value is -6.33. The van der Waals surface area contributed by atoms with Gasteiger partial charge in [-0.05, 0) is 94.0 Å². The van der Waals surface area contributed by atoms with Crippen LogP contribution < -0.4 is 25.0 Å². The van der Waals surface area contributed by atoms with E-state index in [1.165, 1.54) is 0 Å². The third-order valence-electron chi connectivity index (χ3n) is 14.6. The number of fused-ring (bicyclic) bond motifs is 2. The minimum Gasteiger partial charge on any atom is -0.490 e. The molecule has 2 aromatic heterocycles. The standard InChI is InChI=1S/C51H58N8O6/c1-29(2)58(33-24-35(25-33)64-34-13-14-36-38(26-34)47(63)59(46(36)62)40-16-11-30(3)55-45(40)61)28-31-19-22-57(23-20-31)42-18-12-32(27-54-42)44(60)56-48-50(4,5)49(51(48,6)7)65-41-17-15-39(52-8)43-37(41)10-9-21-53-43/h9-10,12-15,17-18,21,26-27,29,31,33,35,40,48-49H,3,11,16,19-20,22-25,28H2,1-2,4-7H3,(H,55,61)(H,56,60). The van der Waals surface area contributed by atoms with Crippen LogP contribution in [-0.2, 0) is 4.79 Å². The summed E-state index contributed by atoms with van der Waals surface area (Å²) < 4.78 is 13.0. The summed E-state index contributed by atoms with van der Waals surface area (Å²) in [6.45, 7) is 27.1. The van der Waals surface area contributed by atoms with Crippen LogP contribution in [0.1, 0.15) is 111 Å². The van der Waals surface area contributed by atoms with Crippen molar-refractivity contribution in [2.75, 3.05) is 24.5 Å². The highest BCUT2D eigenvalue weighted by molar-refractivity contribution is 6.23. The first kappa shape index (κ1) is 43.9. The monoisotopic (exact) mass is 878 g/mol. The Labute approximate surface area is 380 Å². The predicted molar refractivity (Wildman–Crippen MR) is 247 cm³/mol. The number of anilines is 1. The van der Waals surface area contributed by atoms with Gasteiger partial charge in [0.25, 0.3) is 17.7 Å². The molecule has 1 unspecified atom stereocenters. The van der Waals surface area contributed by atoms with Gasteiger partial charge in [0.05, 0.1) is 28.8 Å². The molecule has 14 heteroatoms. The summed E-state index contributed by atoms with van der Waals surface area (Å²) in [5.74, 6) is 1.20. The number of ether oxygens (including phenoxy) is 2. The number of hydrogen-bond acceptors (Lipinski definition) is 10. The summed E-state index contributed by atoms with van der Waals surface area (Å²) in [4.78, 5) is 71.7. The second-order valence-corrected chi connectivity index (χ2v) is 20.0. The molecule has 2 aliphatic carbocycles. The molecule has 3 aliphatic heterocycles. The fourth-order valence-corrected chi connectivity index (χ4v) is 11.3. The highest BCUT2D eigenvalue weighted by Gasteiger charge is 2.64. The number of aromatic nitrogens is 2. The largest absolute Gasteiger partial charge is 0.490 e. The molecule has 0 radical (unpaired) electrons. The molecule has 2 saturated carbocycles. The Morgan fingerprint density at radius 1 is 0.969 bits per heavy atom. The van der Waals surface area contributed by atoms with Crippen LogP contribution in [0.4, 0.5) is 11.5 Å². The third-order valence-corrected chi connectivity index (χ3v) is 14.6. The minimum absolute atomic E-state index is 0.00766. The highest BCUT2D eigenvalue weighted by atomic mass is 16.5. The number of rotatable bonds is 12. The first-order valence-electron chi connectivity index (χ1n) is 22.9. The molecule has 0 spiro atoms. The lowest BCUT2D eigenvalue weighted by molar-refractivity contribution is -0.163. The summed E-state index contributed by atoms with van der Waals surface area (Å²) in [7, 11) is 0. The van der Waals surface area contributed by atoms with Crippen LogP contribution in [0.3, 0.4) is 0 Å². The Balaban J connectivity index is 0.743. The molecule has 4 fully saturated rings. The van der Waals surface area contributed by atoms with E-state index >= 15 is 0 Å². The van der Waals surface area contributed by atoms with Gasteiger partial charge in [0.2, 0.25) is 11.6 Å². The van der Waals surface area contributed by atoms with Gasteiger partial charge in [0, 0.05) is 84.9 Å². The van der Waals surface area contributed by atoms with E-state index in [-0.39, 0.29) is 46.5 Å². The number of carbonyl (C=O) groups excluding carboxylic acids is 4. The summed E-state index contributed by atoms with van der Waals surface area (Å²) >= 11 is 0. The Kier molecular flexibility index (Phi) is 11.4. The maximum Gasteiger partial charge on any atom is 0.262 e. The number of carbonyl (C=O) groups is 4. The fraction of sp³-hybridized carbons (Fsp3) is 0.471. The van der Waals surface area contributed by atoms with Gasteiger partial charge in [-0.3, -0.25) is 34.0 Å². The molecule has 0 bridgehead atoms. The summed E-state index contributed by atoms with van der Waals surface area (Å²) in [5, 5.41) is 6.77. The molecule has 2 saturated heterocycles. The van der Waals surface area contributed by atoms with Crippen molar-refractivity contribution in [3.8, 4) is 11.5 Å². The van der Waals surface area contributed by atoms with E-state index in [9.17, 15) is 19.2 Å². The molecule has 5 heterocycles. The minimum atomic E-state index is -0.845. The highest BCUT2D eigenvalue weighted by Crippen LogP contribution is 2.56. The molecule has 1 atom stereocenters. The lowest BCUT2D eigenvalue weighted by atomic mass is 9.49. The second-order valence-electron chi connectivity index (χ2n) is 20.0. The number of pyridine rings is 2. The van der Waals surface area contributed by atoms with Crippen molar-refractivity contribution >= 4 is 46.0 Å². The van der Waals surface area contributed by atoms with Crippen LogP contribution in [0.5, 0.6) is 11.5 Å². The number of nitrogens with zero attached hydrogens (tertiary/aromatic N) is 6. The van der Waals surface area contributed by atoms with Gasteiger partial charge >= 0.3 is 0 Å². The van der Waals surface area contributed by atoms with Gasteiger partial charge in [-0.15, -0.1) is 0 Å².